The Balaban J connectivity index is 2.41. The van der Waals surface area contributed by atoms with Gasteiger partial charge < -0.3 is 15.4 Å². The molecule has 0 radical (unpaired) electrons. The minimum Gasteiger partial charge on any atom is -0.475 e. The Bertz CT molecular complexity index is 533. The van der Waals surface area contributed by atoms with Crippen LogP contribution in [0.3, 0.4) is 0 Å². The van der Waals surface area contributed by atoms with Crippen LogP contribution < -0.4 is 5.73 Å². The maximum Gasteiger partial charge on any atom is 0.377 e. The number of aromatic carboxylic acids is 1. The molecule has 0 atom stereocenters. The first-order valence-corrected chi connectivity index (χ1v) is 5.17. The number of aryl methyl sites for hydroxylation is 1. The van der Waals surface area contributed by atoms with Crippen LogP contribution in [-0.4, -0.2) is 26.2 Å². The smallest absolute Gasteiger partial charge is 0.377 e. The van der Waals surface area contributed by atoms with Crippen molar-refractivity contribution in [3.8, 4) is 10.8 Å². The molecule has 0 saturated carbocycles. The predicted molar refractivity (Wildman–Crippen MR) is 55.0 cm³/mol. The molecule has 2 heterocycles. The van der Waals surface area contributed by atoms with Crippen molar-refractivity contribution in [2.24, 2.45) is 5.73 Å². The molecular formula is C8H8N4O3S. The molecule has 0 amide bonds. The van der Waals surface area contributed by atoms with E-state index in [9.17, 15) is 4.79 Å². The molecule has 0 unspecified atom stereocenters. The SMILES string of the molecule is Cc1nc(CN)sc1-c1nc(C(=O)O)no1. The minimum absolute atomic E-state index is 0.159. The second-order valence-electron chi connectivity index (χ2n) is 2.95. The van der Waals surface area contributed by atoms with E-state index in [2.05, 4.69) is 15.1 Å². The summed E-state index contributed by atoms with van der Waals surface area (Å²) in [5.41, 5.74) is 6.15. The molecule has 3 N–H and O–H groups in total. The van der Waals surface area contributed by atoms with Gasteiger partial charge in [-0.3, -0.25) is 0 Å². The van der Waals surface area contributed by atoms with Crippen LogP contribution in [0.1, 0.15) is 21.3 Å². The predicted octanol–water partition coefficient (Wildman–Crippen LogP) is 0.658. The Labute approximate surface area is 93.9 Å². The standard InChI is InChI=1S/C8H8N4O3S/c1-3-5(16-4(2-9)10-3)7-11-6(8(13)14)12-15-7/h2,9H2,1H3,(H,13,14). The van der Waals surface area contributed by atoms with Crippen LogP contribution in [0.5, 0.6) is 0 Å². The van der Waals surface area contributed by atoms with Crippen LogP contribution in [0.15, 0.2) is 4.52 Å². The number of carbonyl (C=O) groups is 1. The van der Waals surface area contributed by atoms with Gasteiger partial charge in [-0.25, -0.2) is 9.78 Å². The summed E-state index contributed by atoms with van der Waals surface area (Å²) in [6.45, 7) is 2.10. The first-order valence-electron chi connectivity index (χ1n) is 4.35. The maximum absolute atomic E-state index is 10.6. The Morgan fingerprint density at radius 2 is 2.31 bits per heavy atom. The molecule has 0 aliphatic heterocycles. The lowest BCUT2D eigenvalue weighted by Gasteiger charge is -1.86. The van der Waals surface area contributed by atoms with E-state index >= 15 is 0 Å². The summed E-state index contributed by atoms with van der Waals surface area (Å²) in [5.74, 6) is -1.43. The van der Waals surface area contributed by atoms with Gasteiger partial charge in [0.15, 0.2) is 0 Å². The van der Waals surface area contributed by atoms with Crippen molar-refractivity contribution >= 4 is 17.3 Å². The van der Waals surface area contributed by atoms with Gasteiger partial charge in [0.1, 0.15) is 9.88 Å². The van der Waals surface area contributed by atoms with Crippen LogP contribution in [-0.2, 0) is 6.54 Å². The van der Waals surface area contributed by atoms with Crippen molar-refractivity contribution in [2.45, 2.75) is 13.5 Å². The summed E-state index contributed by atoms with van der Waals surface area (Å²) in [6.07, 6.45) is 0. The van der Waals surface area contributed by atoms with E-state index in [-0.39, 0.29) is 11.7 Å². The lowest BCUT2D eigenvalue weighted by Crippen LogP contribution is -1.98. The molecule has 84 valence electrons. The van der Waals surface area contributed by atoms with E-state index in [1.165, 1.54) is 11.3 Å². The molecule has 0 spiro atoms. The number of aromatic nitrogens is 3. The fourth-order valence-electron chi connectivity index (χ4n) is 1.14. The molecule has 0 saturated heterocycles. The van der Waals surface area contributed by atoms with E-state index in [0.717, 1.165) is 5.01 Å². The van der Waals surface area contributed by atoms with E-state index in [4.69, 9.17) is 15.4 Å². The second kappa shape index (κ2) is 3.99. The third kappa shape index (κ3) is 1.79. The van der Waals surface area contributed by atoms with Crippen LogP contribution in [0, 0.1) is 6.92 Å². The molecule has 2 aromatic heterocycles. The first-order chi connectivity index (χ1) is 7.61. The van der Waals surface area contributed by atoms with Gasteiger partial charge in [0.25, 0.3) is 11.7 Å². The fraction of sp³-hybridized carbons (Fsp3) is 0.250. The number of rotatable bonds is 3. The normalized spacial score (nSPS) is 10.6. The number of hydrogen-bond acceptors (Lipinski definition) is 7. The van der Waals surface area contributed by atoms with E-state index < -0.39 is 5.97 Å². The van der Waals surface area contributed by atoms with Crippen molar-refractivity contribution in [1.29, 1.82) is 0 Å². The van der Waals surface area contributed by atoms with Gasteiger partial charge in [0.2, 0.25) is 0 Å². The molecule has 8 heteroatoms. The van der Waals surface area contributed by atoms with Gasteiger partial charge >= 0.3 is 5.97 Å². The zero-order valence-corrected chi connectivity index (χ0v) is 9.11. The molecule has 0 aromatic carbocycles. The topological polar surface area (TPSA) is 115 Å². The number of hydrogen-bond donors (Lipinski definition) is 2. The molecule has 0 aliphatic carbocycles. The number of thiazole rings is 1. The average molecular weight is 240 g/mol. The van der Waals surface area contributed by atoms with Gasteiger partial charge in [0.05, 0.1) is 5.69 Å². The largest absolute Gasteiger partial charge is 0.475 e. The van der Waals surface area contributed by atoms with Gasteiger partial charge in [0, 0.05) is 6.54 Å². The van der Waals surface area contributed by atoms with Gasteiger partial charge in [-0.15, -0.1) is 11.3 Å². The quantitative estimate of drug-likeness (QED) is 0.809. The lowest BCUT2D eigenvalue weighted by atomic mass is 10.4. The van der Waals surface area contributed by atoms with Crippen molar-refractivity contribution in [3.63, 3.8) is 0 Å². The minimum atomic E-state index is -1.23. The highest BCUT2D eigenvalue weighted by atomic mass is 32.1. The highest BCUT2D eigenvalue weighted by molar-refractivity contribution is 7.15. The molecule has 2 rings (SSSR count). The second-order valence-corrected chi connectivity index (χ2v) is 4.04. The fourth-order valence-corrected chi connectivity index (χ4v) is 2.01. The third-order valence-corrected chi connectivity index (χ3v) is 2.99. The first kappa shape index (κ1) is 10.7. The summed E-state index contributed by atoms with van der Waals surface area (Å²) in [7, 11) is 0. The van der Waals surface area contributed by atoms with Gasteiger partial charge in [-0.05, 0) is 12.1 Å². The Morgan fingerprint density at radius 1 is 1.56 bits per heavy atom. The third-order valence-electron chi connectivity index (χ3n) is 1.83. The van der Waals surface area contributed by atoms with Crippen LogP contribution in [0.2, 0.25) is 0 Å². The molecule has 0 bridgehead atoms. The highest BCUT2D eigenvalue weighted by Crippen LogP contribution is 2.28. The molecule has 7 nitrogen and oxygen atoms in total. The Hall–Kier alpha value is -1.80. The highest BCUT2D eigenvalue weighted by Gasteiger charge is 2.18. The summed E-state index contributed by atoms with van der Waals surface area (Å²) >= 11 is 1.31. The number of nitrogens with zero attached hydrogens (tertiary/aromatic N) is 3. The van der Waals surface area contributed by atoms with E-state index in [1.807, 2.05) is 0 Å². The average Bonchev–Trinajstić information content (AvgIpc) is 2.83. The Morgan fingerprint density at radius 3 is 2.81 bits per heavy atom. The molecule has 0 aliphatic rings. The summed E-state index contributed by atoms with van der Waals surface area (Å²) in [5, 5.41) is 12.7. The monoisotopic (exact) mass is 240 g/mol. The Kier molecular flexibility index (Phi) is 2.67. The number of nitrogens with two attached hydrogens (primary N) is 1. The van der Waals surface area contributed by atoms with Crippen molar-refractivity contribution in [3.05, 3.63) is 16.5 Å². The van der Waals surface area contributed by atoms with Crippen LogP contribution in [0.25, 0.3) is 10.8 Å². The molecule has 2 aromatic rings. The van der Waals surface area contributed by atoms with Gasteiger partial charge in [-0.1, -0.05) is 0 Å². The maximum atomic E-state index is 10.6. The van der Waals surface area contributed by atoms with Crippen molar-refractivity contribution < 1.29 is 14.4 Å². The molecular weight excluding hydrogens is 232 g/mol. The van der Waals surface area contributed by atoms with E-state index in [0.29, 0.717) is 17.1 Å². The van der Waals surface area contributed by atoms with Crippen molar-refractivity contribution in [2.75, 3.05) is 0 Å². The summed E-state index contributed by atoms with van der Waals surface area (Å²) in [6, 6.07) is 0. The van der Waals surface area contributed by atoms with E-state index in [1.54, 1.807) is 6.92 Å². The summed E-state index contributed by atoms with van der Waals surface area (Å²) in [4.78, 5) is 19.1. The van der Waals surface area contributed by atoms with Crippen LogP contribution in [0.4, 0.5) is 0 Å². The molecule has 0 fully saturated rings. The van der Waals surface area contributed by atoms with Crippen molar-refractivity contribution in [1.82, 2.24) is 15.1 Å². The zero-order chi connectivity index (χ0) is 11.7. The molecule has 16 heavy (non-hydrogen) atoms. The zero-order valence-electron chi connectivity index (χ0n) is 8.30. The number of carboxylic acid groups (broad SMARTS) is 1. The lowest BCUT2D eigenvalue weighted by molar-refractivity contribution is 0.0680. The van der Waals surface area contributed by atoms with Gasteiger partial charge in [-0.2, -0.15) is 4.98 Å². The number of carboxylic acids is 1. The summed E-state index contributed by atoms with van der Waals surface area (Å²) < 4.78 is 4.84. The van der Waals surface area contributed by atoms with Crippen LogP contribution >= 0.6 is 11.3 Å².